The molecular formula is C17H18ClNO4S. The average molecular weight is 368 g/mol. The smallest absolute Gasteiger partial charge is 0.262 e. The second-order valence-corrected chi connectivity index (χ2v) is 7.70. The minimum atomic E-state index is -3.78. The average Bonchev–Trinajstić information content (AvgIpc) is 2.86. The highest BCUT2D eigenvalue weighted by molar-refractivity contribution is 7.92. The van der Waals surface area contributed by atoms with E-state index in [-0.39, 0.29) is 11.0 Å². The molecule has 0 aromatic heterocycles. The van der Waals surface area contributed by atoms with E-state index in [9.17, 15) is 8.42 Å². The molecule has 5 nitrogen and oxygen atoms in total. The Kier molecular flexibility index (Phi) is 4.60. The number of halogens is 1. The minimum Gasteiger partial charge on any atom is -0.492 e. The molecule has 0 bridgehead atoms. The van der Waals surface area contributed by atoms with Crippen LogP contribution in [0.15, 0.2) is 41.3 Å². The number of ether oxygens (including phenoxy) is 2. The monoisotopic (exact) mass is 367 g/mol. The maximum absolute atomic E-state index is 12.6. The minimum absolute atomic E-state index is 0.0641. The topological polar surface area (TPSA) is 64.6 Å². The number of rotatable bonds is 5. The molecule has 3 rings (SSSR count). The molecule has 0 saturated carbocycles. The number of hydrogen-bond acceptors (Lipinski definition) is 4. The summed E-state index contributed by atoms with van der Waals surface area (Å²) in [6, 6.07) is 9.60. The van der Waals surface area contributed by atoms with Crippen LogP contribution in [-0.4, -0.2) is 21.1 Å². The first-order valence-electron chi connectivity index (χ1n) is 7.64. The van der Waals surface area contributed by atoms with E-state index in [2.05, 4.69) is 4.72 Å². The fourth-order valence-corrected chi connectivity index (χ4v) is 3.99. The maximum Gasteiger partial charge on any atom is 0.262 e. The summed E-state index contributed by atoms with van der Waals surface area (Å²) in [6.07, 6.45) is 0.839. The molecule has 24 heavy (non-hydrogen) atoms. The first-order chi connectivity index (χ1) is 11.4. The van der Waals surface area contributed by atoms with Crippen LogP contribution in [-0.2, 0) is 16.4 Å². The summed E-state index contributed by atoms with van der Waals surface area (Å²) in [5.41, 5.74) is 1.36. The van der Waals surface area contributed by atoms with Gasteiger partial charge in [0.05, 0.1) is 17.2 Å². The van der Waals surface area contributed by atoms with E-state index in [1.54, 1.807) is 18.2 Å². The lowest BCUT2D eigenvalue weighted by Crippen LogP contribution is -2.14. The van der Waals surface area contributed by atoms with Crippen molar-refractivity contribution < 1.29 is 17.9 Å². The van der Waals surface area contributed by atoms with Gasteiger partial charge < -0.3 is 9.47 Å². The maximum atomic E-state index is 12.6. The molecule has 0 fully saturated rings. The fraction of sp³-hybridized carbons (Fsp3) is 0.294. The van der Waals surface area contributed by atoms with E-state index in [1.807, 2.05) is 19.9 Å². The van der Waals surface area contributed by atoms with Crippen molar-refractivity contribution in [3.63, 3.8) is 0 Å². The van der Waals surface area contributed by atoms with Crippen molar-refractivity contribution in [3.8, 4) is 11.5 Å². The molecule has 0 aliphatic carbocycles. The molecule has 0 radical (unpaired) electrons. The van der Waals surface area contributed by atoms with Crippen LogP contribution < -0.4 is 14.2 Å². The van der Waals surface area contributed by atoms with Crippen LogP contribution in [0.5, 0.6) is 11.5 Å². The number of anilines is 1. The van der Waals surface area contributed by atoms with Crippen molar-refractivity contribution in [3.05, 3.63) is 47.0 Å². The fourth-order valence-electron chi connectivity index (χ4n) is 2.63. The standard InChI is InChI=1S/C17H18ClNO4S/c1-3-22-17-8-12-7-11(2)23-16(12)10-15(17)19-24(20,21)14-6-4-5-13(18)9-14/h4-6,8-11,19H,3,7H2,1-2H3/t11-/m1/s1. The highest BCUT2D eigenvalue weighted by Crippen LogP contribution is 2.38. The third kappa shape index (κ3) is 3.44. The van der Waals surface area contributed by atoms with Gasteiger partial charge in [-0.25, -0.2) is 8.42 Å². The second-order valence-electron chi connectivity index (χ2n) is 5.58. The lowest BCUT2D eigenvalue weighted by atomic mass is 10.1. The van der Waals surface area contributed by atoms with Crippen molar-refractivity contribution in [2.75, 3.05) is 11.3 Å². The van der Waals surface area contributed by atoms with Gasteiger partial charge in [-0.15, -0.1) is 0 Å². The van der Waals surface area contributed by atoms with Crippen molar-refractivity contribution in [1.82, 2.24) is 0 Å². The van der Waals surface area contributed by atoms with Crippen LogP contribution in [0.1, 0.15) is 19.4 Å². The van der Waals surface area contributed by atoms with Crippen LogP contribution in [0.3, 0.4) is 0 Å². The molecule has 2 aromatic rings. The summed E-state index contributed by atoms with van der Waals surface area (Å²) in [5.74, 6) is 1.16. The Morgan fingerprint density at radius 3 is 2.83 bits per heavy atom. The lowest BCUT2D eigenvalue weighted by Gasteiger charge is -2.14. The molecule has 0 amide bonds. The number of benzene rings is 2. The Morgan fingerprint density at radius 2 is 2.12 bits per heavy atom. The van der Waals surface area contributed by atoms with Crippen molar-refractivity contribution >= 4 is 27.3 Å². The molecule has 0 saturated heterocycles. The Labute approximate surface area is 146 Å². The number of sulfonamides is 1. The predicted molar refractivity (Wildman–Crippen MR) is 93.7 cm³/mol. The molecule has 2 aromatic carbocycles. The Balaban J connectivity index is 1.98. The quantitative estimate of drug-likeness (QED) is 0.871. The summed E-state index contributed by atoms with van der Waals surface area (Å²) >= 11 is 5.89. The lowest BCUT2D eigenvalue weighted by molar-refractivity contribution is 0.254. The molecular weight excluding hydrogens is 350 g/mol. The predicted octanol–water partition coefficient (Wildman–Crippen LogP) is 3.86. The summed E-state index contributed by atoms with van der Waals surface area (Å²) in [6.45, 7) is 4.25. The Morgan fingerprint density at radius 1 is 1.33 bits per heavy atom. The summed E-state index contributed by atoms with van der Waals surface area (Å²) in [4.78, 5) is 0.0900. The molecule has 128 valence electrons. The molecule has 1 N–H and O–H groups in total. The SMILES string of the molecule is CCOc1cc2c(cc1NS(=O)(=O)c1cccc(Cl)c1)O[C@H](C)C2. The Hall–Kier alpha value is -1.92. The molecule has 0 unspecified atom stereocenters. The van der Waals surface area contributed by atoms with Gasteiger partial charge in [-0.05, 0) is 38.1 Å². The first kappa shape index (κ1) is 16.9. The highest BCUT2D eigenvalue weighted by Gasteiger charge is 2.24. The molecule has 0 spiro atoms. The third-order valence-corrected chi connectivity index (χ3v) is 5.25. The van der Waals surface area contributed by atoms with Crippen LogP contribution in [0.4, 0.5) is 5.69 Å². The van der Waals surface area contributed by atoms with Crippen LogP contribution in [0.25, 0.3) is 0 Å². The van der Waals surface area contributed by atoms with Crippen LogP contribution in [0, 0.1) is 0 Å². The summed E-state index contributed by atoms with van der Waals surface area (Å²) in [5, 5.41) is 0.356. The van der Waals surface area contributed by atoms with Crippen molar-refractivity contribution in [2.45, 2.75) is 31.3 Å². The third-order valence-electron chi connectivity index (χ3n) is 3.65. The largest absolute Gasteiger partial charge is 0.492 e. The van der Waals surface area contributed by atoms with E-state index in [0.717, 1.165) is 12.0 Å². The van der Waals surface area contributed by atoms with Crippen LogP contribution >= 0.6 is 11.6 Å². The zero-order chi connectivity index (χ0) is 17.3. The normalized spacial score (nSPS) is 16.4. The van der Waals surface area contributed by atoms with Gasteiger partial charge in [0, 0.05) is 23.1 Å². The Bertz CT molecular complexity index is 867. The molecule has 1 aliphatic heterocycles. The number of fused-ring (bicyclic) bond motifs is 1. The summed E-state index contributed by atoms with van der Waals surface area (Å²) in [7, 11) is -3.78. The van der Waals surface area contributed by atoms with Gasteiger partial charge in [-0.2, -0.15) is 0 Å². The molecule has 1 aliphatic rings. The van der Waals surface area contributed by atoms with Gasteiger partial charge >= 0.3 is 0 Å². The van der Waals surface area contributed by atoms with Gasteiger partial charge in [-0.1, -0.05) is 17.7 Å². The zero-order valence-electron chi connectivity index (χ0n) is 13.4. The van der Waals surface area contributed by atoms with Crippen molar-refractivity contribution in [1.29, 1.82) is 0 Å². The van der Waals surface area contributed by atoms with Gasteiger partial charge in [-0.3, -0.25) is 4.72 Å². The summed E-state index contributed by atoms with van der Waals surface area (Å²) < 4.78 is 39.1. The molecule has 7 heteroatoms. The van der Waals surface area contributed by atoms with E-state index >= 15 is 0 Å². The molecule has 1 atom stereocenters. The zero-order valence-corrected chi connectivity index (χ0v) is 14.9. The van der Waals surface area contributed by atoms with Crippen LogP contribution in [0.2, 0.25) is 5.02 Å². The van der Waals surface area contributed by atoms with E-state index in [0.29, 0.717) is 28.8 Å². The van der Waals surface area contributed by atoms with Crippen molar-refractivity contribution in [2.24, 2.45) is 0 Å². The van der Waals surface area contributed by atoms with Gasteiger partial charge in [0.15, 0.2) is 0 Å². The second kappa shape index (κ2) is 6.53. The van der Waals surface area contributed by atoms with E-state index < -0.39 is 10.0 Å². The number of nitrogens with one attached hydrogen (secondary N) is 1. The first-order valence-corrected chi connectivity index (χ1v) is 9.50. The van der Waals surface area contributed by atoms with E-state index in [1.165, 1.54) is 12.1 Å². The van der Waals surface area contributed by atoms with Gasteiger partial charge in [0.2, 0.25) is 0 Å². The highest BCUT2D eigenvalue weighted by atomic mass is 35.5. The van der Waals surface area contributed by atoms with E-state index in [4.69, 9.17) is 21.1 Å². The van der Waals surface area contributed by atoms with Gasteiger partial charge in [0.25, 0.3) is 10.0 Å². The number of hydrogen-bond donors (Lipinski definition) is 1. The molecule has 1 heterocycles. The van der Waals surface area contributed by atoms with Gasteiger partial charge in [0.1, 0.15) is 17.6 Å².